The van der Waals surface area contributed by atoms with Crippen molar-refractivity contribution in [3.05, 3.63) is 59.7 Å². The van der Waals surface area contributed by atoms with Gasteiger partial charge in [-0.25, -0.2) is 0 Å². The molecule has 23 heavy (non-hydrogen) atoms. The molecule has 0 unspecified atom stereocenters. The highest BCUT2D eigenvalue weighted by Gasteiger charge is 2.13. The zero-order chi connectivity index (χ0) is 16.1. The lowest BCUT2D eigenvalue weighted by Crippen LogP contribution is -2.44. The Morgan fingerprint density at radius 3 is 2.30 bits per heavy atom. The molecule has 0 radical (unpaired) electrons. The van der Waals surface area contributed by atoms with E-state index in [1.807, 2.05) is 18.2 Å². The van der Waals surface area contributed by atoms with E-state index in [1.165, 1.54) is 11.3 Å². The Kier molecular flexibility index (Phi) is 5.16. The van der Waals surface area contributed by atoms with Crippen molar-refractivity contribution < 1.29 is 0 Å². The minimum Gasteiger partial charge on any atom is -0.398 e. The van der Waals surface area contributed by atoms with E-state index in [-0.39, 0.29) is 0 Å². The number of nitrogen functional groups attached to an aromatic ring is 1. The molecule has 0 aliphatic carbocycles. The SMILES string of the molecule is CN1CCN(c2ccc(CNCc3ccccc3N)cc2)CC1. The van der Waals surface area contributed by atoms with Gasteiger partial charge < -0.3 is 20.9 Å². The number of nitrogens with two attached hydrogens (primary N) is 1. The highest BCUT2D eigenvalue weighted by atomic mass is 15.2. The lowest BCUT2D eigenvalue weighted by atomic mass is 10.1. The summed E-state index contributed by atoms with van der Waals surface area (Å²) >= 11 is 0. The molecule has 0 bridgehead atoms. The quantitative estimate of drug-likeness (QED) is 0.832. The molecular weight excluding hydrogens is 284 g/mol. The van der Waals surface area contributed by atoms with Gasteiger partial charge in [-0.3, -0.25) is 0 Å². The molecule has 0 spiro atoms. The van der Waals surface area contributed by atoms with E-state index >= 15 is 0 Å². The van der Waals surface area contributed by atoms with Gasteiger partial charge in [-0.05, 0) is 36.4 Å². The van der Waals surface area contributed by atoms with Crippen molar-refractivity contribution in [1.82, 2.24) is 10.2 Å². The molecule has 2 aromatic carbocycles. The van der Waals surface area contributed by atoms with Crippen molar-refractivity contribution in [1.29, 1.82) is 0 Å². The number of nitrogens with zero attached hydrogens (tertiary/aromatic N) is 2. The molecule has 1 aliphatic heterocycles. The van der Waals surface area contributed by atoms with Gasteiger partial charge in [0, 0.05) is 50.6 Å². The minimum atomic E-state index is 0.798. The van der Waals surface area contributed by atoms with Crippen LogP contribution < -0.4 is 16.0 Å². The molecule has 0 saturated carbocycles. The first-order chi connectivity index (χ1) is 11.2. The summed E-state index contributed by atoms with van der Waals surface area (Å²) < 4.78 is 0. The second kappa shape index (κ2) is 7.49. The van der Waals surface area contributed by atoms with Crippen molar-refractivity contribution in [3.8, 4) is 0 Å². The summed E-state index contributed by atoms with van der Waals surface area (Å²) in [4.78, 5) is 4.84. The van der Waals surface area contributed by atoms with Gasteiger partial charge in [-0.1, -0.05) is 30.3 Å². The third-order valence-electron chi connectivity index (χ3n) is 4.50. The molecule has 1 saturated heterocycles. The van der Waals surface area contributed by atoms with Crippen LogP contribution in [-0.2, 0) is 13.1 Å². The van der Waals surface area contributed by atoms with Gasteiger partial charge >= 0.3 is 0 Å². The summed E-state index contributed by atoms with van der Waals surface area (Å²) in [5, 5.41) is 3.46. The summed E-state index contributed by atoms with van der Waals surface area (Å²) in [5.74, 6) is 0. The highest BCUT2D eigenvalue weighted by Crippen LogP contribution is 2.17. The van der Waals surface area contributed by atoms with Crippen molar-refractivity contribution >= 4 is 11.4 Å². The maximum atomic E-state index is 5.96. The van der Waals surface area contributed by atoms with Crippen molar-refractivity contribution in [2.24, 2.45) is 0 Å². The molecule has 122 valence electrons. The molecule has 1 fully saturated rings. The van der Waals surface area contributed by atoms with Crippen LogP contribution in [0.15, 0.2) is 48.5 Å². The lowest BCUT2D eigenvalue weighted by Gasteiger charge is -2.34. The van der Waals surface area contributed by atoms with Crippen molar-refractivity contribution in [3.63, 3.8) is 0 Å². The first kappa shape index (κ1) is 15.8. The number of hydrogen-bond acceptors (Lipinski definition) is 4. The van der Waals surface area contributed by atoms with Gasteiger partial charge in [-0.15, -0.1) is 0 Å². The molecular formula is C19H26N4. The average Bonchev–Trinajstić information content (AvgIpc) is 2.58. The molecule has 2 aromatic rings. The number of rotatable bonds is 5. The fraction of sp³-hybridized carbons (Fsp3) is 0.368. The Morgan fingerprint density at radius 1 is 0.913 bits per heavy atom. The van der Waals surface area contributed by atoms with E-state index in [4.69, 9.17) is 5.73 Å². The highest BCUT2D eigenvalue weighted by molar-refractivity contribution is 5.48. The normalized spacial score (nSPS) is 15.8. The first-order valence-electron chi connectivity index (χ1n) is 8.29. The van der Waals surface area contributed by atoms with E-state index in [9.17, 15) is 0 Å². The van der Waals surface area contributed by atoms with Crippen LogP contribution in [0.1, 0.15) is 11.1 Å². The average molecular weight is 310 g/mol. The Hall–Kier alpha value is -2.04. The fourth-order valence-corrected chi connectivity index (χ4v) is 2.93. The summed E-state index contributed by atoms with van der Waals surface area (Å²) in [6, 6.07) is 16.9. The number of benzene rings is 2. The maximum Gasteiger partial charge on any atom is 0.0367 e. The van der Waals surface area contributed by atoms with Gasteiger partial charge in [0.1, 0.15) is 0 Å². The van der Waals surface area contributed by atoms with E-state index in [0.29, 0.717) is 0 Å². The predicted octanol–water partition coefficient (Wildman–Crippen LogP) is 2.31. The monoisotopic (exact) mass is 310 g/mol. The van der Waals surface area contributed by atoms with Crippen LogP contribution in [0, 0.1) is 0 Å². The summed E-state index contributed by atoms with van der Waals surface area (Å²) in [5.41, 5.74) is 10.6. The molecule has 0 amide bonds. The van der Waals surface area contributed by atoms with Crippen molar-refractivity contribution in [2.75, 3.05) is 43.9 Å². The number of para-hydroxylation sites is 1. The van der Waals surface area contributed by atoms with Crippen LogP contribution in [0.4, 0.5) is 11.4 Å². The fourth-order valence-electron chi connectivity index (χ4n) is 2.93. The second-order valence-corrected chi connectivity index (χ2v) is 6.26. The molecule has 3 rings (SSSR count). The van der Waals surface area contributed by atoms with Crippen LogP contribution in [0.3, 0.4) is 0 Å². The van der Waals surface area contributed by atoms with Crippen LogP contribution in [0.5, 0.6) is 0 Å². The van der Waals surface area contributed by atoms with Crippen LogP contribution in [-0.4, -0.2) is 38.1 Å². The molecule has 1 heterocycles. The molecule has 3 N–H and O–H groups in total. The molecule has 4 heteroatoms. The maximum absolute atomic E-state index is 5.96. The van der Waals surface area contributed by atoms with Crippen LogP contribution in [0.25, 0.3) is 0 Å². The molecule has 0 atom stereocenters. The largest absolute Gasteiger partial charge is 0.398 e. The first-order valence-corrected chi connectivity index (χ1v) is 8.29. The van der Waals surface area contributed by atoms with Crippen molar-refractivity contribution in [2.45, 2.75) is 13.1 Å². The Balaban J connectivity index is 1.51. The van der Waals surface area contributed by atoms with E-state index in [0.717, 1.165) is 50.5 Å². The third-order valence-corrected chi connectivity index (χ3v) is 4.50. The topological polar surface area (TPSA) is 44.5 Å². The number of likely N-dealkylation sites (N-methyl/N-ethyl adjacent to an activating group) is 1. The van der Waals surface area contributed by atoms with Gasteiger partial charge in [0.15, 0.2) is 0 Å². The number of hydrogen-bond donors (Lipinski definition) is 2. The second-order valence-electron chi connectivity index (χ2n) is 6.26. The van der Waals surface area contributed by atoms with E-state index in [1.54, 1.807) is 0 Å². The van der Waals surface area contributed by atoms with E-state index in [2.05, 4.69) is 52.5 Å². The van der Waals surface area contributed by atoms with Gasteiger partial charge in [0.2, 0.25) is 0 Å². The Bertz CT molecular complexity index is 616. The smallest absolute Gasteiger partial charge is 0.0367 e. The molecule has 0 aromatic heterocycles. The summed E-state index contributed by atoms with van der Waals surface area (Å²) in [6.45, 7) is 6.16. The number of nitrogens with one attached hydrogen (secondary N) is 1. The molecule has 1 aliphatic rings. The van der Waals surface area contributed by atoms with E-state index < -0.39 is 0 Å². The Morgan fingerprint density at radius 2 is 1.61 bits per heavy atom. The zero-order valence-corrected chi connectivity index (χ0v) is 13.8. The predicted molar refractivity (Wildman–Crippen MR) is 97.6 cm³/mol. The summed E-state index contributed by atoms with van der Waals surface area (Å²) in [6.07, 6.45) is 0. The molecule has 4 nitrogen and oxygen atoms in total. The summed E-state index contributed by atoms with van der Waals surface area (Å²) in [7, 11) is 2.19. The Labute approximate surface area is 138 Å². The number of anilines is 2. The van der Waals surface area contributed by atoms with Gasteiger partial charge in [0.05, 0.1) is 0 Å². The zero-order valence-electron chi connectivity index (χ0n) is 13.8. The third kappa shape index (κ3) is 4.24. The van der Waals surface area contributed by atoms with Gasteiger partial charge in [-0.2, -0.15) is 0 Å². The lowest BCUT2D eigenvalue weighted by molar-refractivity contribution is 0.313. The number of piperazine rings is 1. The van der Waals surface area contributed by atoms with Gasteiger partial charge in [0.25, 0.3) is 0 Å². The van der Waals surface area contributed by atoms with Crippen LogP contribution in [0.2, 0.25) is 0 Å². The minimum absolute atomic E-state index is 0.798. The standard InChI is InChI=1S/C19H26N4/c1-22-10-12-23(13-11-22)18-8-6-16(7-9-18)14-21-15-17-4-2-3-5-19(17)20/h2-9,21H,10-15,20H2,1H3. The van der Waals surface area contributed by atoms with Crippen LogP contribution >= 0.6 is 0 Å².